The van der Waals surface area contributed by atoms with Gasteiger partial charge in [-0.15, -0.1) is 0 Å². The molecular formula is C25H21N5O3S. The van der Waals surface area contributed by atoms with E-state index in [4.69, 9.17) is 5.73 Å². The summed E-state index contributed by atoms with van der Waals surface area (Å²) in [6.07, 6.45) is 1.47. The van der Waals surface area contributed by atoms with Crippen molar-refractivity contribution in [1.29, 1.82) is 0 Å². The third-order valence-electron chi connectivity index (χ3n) is 5.52. The molecule has 9 heteroatoms. The van der Waals surface area contributed by atoms with E-state index in [1.54, 1.807) is 49.4 Å². The van der Waals surface area contributed by atoms with Crippen LogP contribution in [0.2, 0.25) is 0 Å². The molecule has 8 nitrogen and oxygen atoms in total. The first-order valence-corrected chi connectivity index (χ1v) is 12.0. The molecule has 0 fully saturated rings. The minimum atomic E-state index is -4.05. The van der Waals surface area contributed by atoms with Crippen LogP contribution in [0.5, 0.6) is 5.75 Å². The van der Waals surface area contributed by atoms with Gasteiger partial charge in [0.05, 0.1) is 22.1 Å². The van der Waals surface area contributed by atoms with Gasteiger partial charge in [0.1, 0.15) is 22.0 Å². The lowest BCUT2D eigenvalue weighted by Crippen LogP contribution is -2.08. The maximum absolute atomic E-state index is 13.9. The molecule has 0 aliphatic heterocycles. The predicted octanol–water partition coefficient (Wildman–Crippen LogP) is 4.20. The quantitative estimate of drug-likeness (QED) is 0.379. The monoisotopic (exact) mass is 471 g/mol. The molecule has 3 aromatic carbocycles. The molecule has 0 bridgehead atoms. The third kappa shape index (κ3) is 3.56. The van der Waals surface area contributed by atoms with Crippen LogP contribution in [0.3, 0.4) is 0 Å². The Hall–Kier alpha value is -4.24. The van der Waals surface area contributed by atoms with Crippen LogP contribution in [0.25, 0.3) is 22.2 Å². The molecule has 34 heavy (non-hydrogen) atoms. The molecule has 170 valence electrons. The maximum atomic E-state index is 13.9. The van der Waals surface area contributed by atoms with Crippen molar-refractivity contribution < 1.29 is 13.5 Å². The van der Waals surface area contributed by atoms with E-state index >= 15 is 0 Å². The topological polar surface area (TPSA) is 123 Å². The number of benzene rings is 3. The second-order valence-corrected chi connectivity index (χ2v) is 9.88. The molecule has 0 radical (unpaired) electrons. The molecule has 0 spiro atoms. The largest absolute Gasteiger partial charge is 0.508 e. The number of phenols is 1. The SMILES string of the molecule is Cc1ccc(C)c(S(=O)(=O)c2c(N)n(/N=C/c3cccc(O)c3)c3nc4ccccc4nc23)c1. The number of phenolic OH excluding ortho intramolecular Hbond substituents is 1. The molecule has 0 unspecified atom stereocenters. The number of nitrogens with two attached hydrogens (primary N) is 1. The number of fused-ring (bicyclic) bond motifs is 2. The zero-order valence-corrected chi connectivity index (χ0v) is 19.3. The van der Waals surface area contributed by atoms with Crippen LogP contribution in [0.1, 0.15) is 16.7 Å². The summed E-state index contributed by atoms with van der Waals surface area (Å²) in [7, 11) is -4.05. The van der Waals surface area contributed by atoms with Crippen LogP contribution in [0, 0.1) is 13.8 Å². The van der Waals surface area contributed by atoms with Gasteiger partial charge in [-0.3, -0.25) is 0 Å². The summed E-state index contributed by atoms with van der Waals surface area (Å²) in [6, 6.07) is 18.9. The van der Waals surface area contributed by atoms with Gasteiger partial charge in [0, 0.05) is 0 Å². The Morgan fingerprint density at radius 1 is 0.971 bits per heavy atom. The fourth-order valence-electron chi connectivity index (χ4n) is 3.84. The van der Waals surface area contributed by atoms with Crippen molar-refractivity contribution in [1.82, 2.24) is 14.6 Å². The number of hydrogen-bond acceptors (Lipinski definition) is 7. The maximum Gasteiger partial charge on any atom is 0.212 e. The molecule has 0 saturated heterocycles. The number of nitrogens with zero attached hydrogens (tertiary/aromatic N) is 4. The van der Waals surface area contributed by atoms with Crippen molar-refractivity contribution in [3.63, 3.8) is 0 Å². The van der Waals surface area contributed by atoms with E-state index in [-0.39, 0.29) is 32.5 Å². The molecule has 0 amide bonds. The van der Waals surface area contributed by atoms with Crippen molar-refractivity contribution >= 4 is 44.1 Å². The highest BCUT2D eigenvalue weighted by molar-refractivity contribution is 7.92. The summed E-state index contributed by atoms with van der Waals surface area (Å²) < 4.78 is 29.0. The van der Waals surface area contributed by atoms with Gasteiger partial charge in [0.25, 0.3) is 0 Å². The minimum absolute atomic E-state index is 0.0817. The van der Waals surface area contributed by atoms with Crippen LogP contribution in [0.4, 0.5) is 5.82 Å². The predicted molar refractivity (Wildman–Crippen MR) is 132 cm³/mol. The highest BCUT2D eigenvalue weighted by atomic mass is 32.2. The van der Waals surface area contributed by atoms with Crippen molar-refractivity contribution in [2.24, 2.45) is 5.10 Å². The van der Waals surface area contributed by atoms with Gasteiger partial charge in [-0.2, -0.15) is 9.78 Å². The van der Waals surface area contributed by atoms with E-state index in [9.17, 15) is 13.5 Å². The van der Waals surface area contributed by atoms with Gasteiger partial charge < -0.3 is 10.8 Å². The lowest BCUT2D eigenvalue weighted by Gasteiger charge is -2.09. The summed E-state index contributed by atoms with van der Waals surface area (Å²) in [5, 5.41) is 14.2. The number of aryl methyl sites for hydroxylation is 2. The van der Waals surface area contributed by atoms with E-state index < -0.39 is 9.84 Å². The Bertz CT molecular complexity index is 1720. The first-order chi connectivity index (χ1) is 16.3. The lowest BCUT2D eigenvalue weighted by atomic mass is 10.2. The van der Waals surface area contributed by atoms with E-state index in [1.807, 2.05) is 25.1 Å². The van der Waals surface area contributed by atoms with Crippen LogP contribution in [-0.2, 0) is 9.84 Å². The fourth-order valence-corrected chi connectivity index (χ4v) is 5.65. The molecule has 0 saturated carbocycles. The number of sulfone groups is 1. The summed E-state index contributed by atoms with van der Waals surface area (Å²) in [6.45, 7) is 3.57. The molecule has 2 aromatic heterocycles. The van der Waals surface area contributed by atoms with E-state index in [1.165, 1.54) is 17.0 Å². The Kier molecular flexibility index (Phi) is 5.06. The molecule has 3 N–H and O–H groups in total. The fraction of sp³-hybridized carbons (Fsp3) is 0.0800. The number of aromatic hydroxyl groups is 1. The van der Waals surface area contributed by atoms with Crippen LogP contribution in [-0.4, -0.2) is 34.4 Å². The second kappa shape index (κ2) is 7.96. The summed E-state index contributed by atoms with van der Waals surface area (Å²) in [5.41, 5.74) is 9.93. The van der Waals surface area contributed by atoms with Gasteiger partial charge in [-0.05, 0) is 60.9 Å². The summed E-state index contributed by atoms with van der Waals surface area (Å²) in [5.74, 6) is -0.0131. The van der Waals surface area contributed by atoms with Crippen molar-refractivity contribution in [2.75, 3.05) is 5.73 Å². The average molecular weight is 472 g/mol. The number of hydrogen-bond donors (Lipinski definition) is 2. The van der Waals surface area contributed by atoms with Crippen molar-refractivity contribution in [2.45, 2.75) is 23.6 Å². The molecule has 5 rings (SSSR count). The minimum Gasteiger partial charge on any atom is -0.508 e. The average Bonchev–Trinajstić information content (AvgIpc) is 3.08. The van der Waals surface area contributed by atoms with E-state index in [0.717, 1.165) is 5.56 Å². The normalized spacial score (nSPS) is 12.2. The zero-order valence-electron chi connectivity index (χ0n) is 18.5. The van der Waals surface area contributed by atoms with Crippen LogP contribution >= 0.6 is 0 Å². The molecule has 2 heterocycles. The van der Waals surface area contributed by atoms with Gasteiger partial charge in [0.2, 0.25) is 9.84 Å². The first kappa shape index (κ1) is 21.6. The second-order valence-electron chi connectivity index (χ2n) is 8.02. The standard InChI is InChI=1S/C25H21N5O3S/c1-15-10-11-16(2)21(12-15)34(32,33)23-22-25(29-20-9-4-3-8-19(20)28-22)30(24(23)26)27-14-17-6-5-7-18(31)13-17/h3-14,31H,26H2,1-2H3/b27-14+. The van der Waals surface area contributed by atoms with E-state index in [0.29, 0.717) is 22.2 Å². The van der Waals surface area contributed by atoms with Gasteiger partial charge >= 0.3 is 0 Å². The van der Waals surface area contributed by atoms with Gasteiger partial charge in [-0.25, -0.2) is 18.4 Å². The Morgan fingerprint density at radius 2 is 1.71 bits per heavy atom. The molecule has 0 atom stereocenters. The Balaban J connectivity index is 1.82. The smallest absolute Gasteiger partial charge is 0.212 e. The zero-order chi connectivity index (χ0) is 24.0. The van der Waals surface area contributed by atoms with Crippen LogP contribution in [0.15, 0.2) is 81.6 Å². The van der Waals surface area contributed by atoms with Gasteiger partial charge in [-0.1, -0.05) is 36.4 Å². The van der Waals surface area contributed by atoms with Crippen molar-refractivity contribution in [3.05, 3.63) is 83.4 Å². The summed E-state index contributed by atoms with van der Waals surface area (Å²) in [4.78, 5) is 9.27. The molecule has 0 aliphatic carbocycles. The number of aromatic nitrogens is 3. The Labute approximate surface area is 195 Å². The number of rotatable bonds is 4. The highest BCUT2D eigenvalue weighted by Gasteiger charge is 2.31. The third-order valence-corrected chi connectivity index (χ3v) is 7.48. The number of nitrogen functional groups attached to an aromatic ring is 1. The molecule has 0 aliphatic rings. The molecular weight excluding hydrogens is 450 g/mol. The van der Waals surface area contributed by atoms with Crippen LogP contribution < -0.4 is 5.73 Å². The number of para-hydroxylation sites is 2. The van der Waals surface area contributed by atoms with Gasteiger partial charge in [0.15, 0.2) is 5.65 Å². The van der Waals surface area contributed by atoms with E-state index in [2.05, 4.69) is 15.1 Å². The number of anilines is 1. The highest BCUT2D eigenvalue weighted by Crippen LogP contribution is 2.36. The first-order valence-electron chi connectivity index (χ1n) is 10.5. The van der Waals surface area contributed by atoms with Crippen molar-refractivity contribution in [3.8, 4) is 5.75 Å². The lowest BCUT2D eigenvalue weighted by molar-refractivity contribution is 0.475. The summed E-state index contributed by atoms with van der Waals surface area (Å²) >= 11 is 0. The Morgan fingerprint density at radius 3 is 2.44 bits per heavy atom. The molecule has 5 aromatic rings.